The highest BCUT2D eigenvalue weighted by atomic mass is 32.2. The number of likely N-dealkylation sites (N-methyl/N-ethyl adjacent to an activating group) is 1. The summed E-state index contributed by atoms with van der Waals surface area (Å²) in [6, 6.07) is 1.42. The molecule has 1 fully saturated rings. The Morgan fingerprint density at radius 3 is 2.78 bits per heavy atom. The highest BCUT2D eigenvalue weighted by Crippen LogP contribution is 2.26. The molecule has 0 saturated carbocycles. The molecule has 0 spiro atoms. The second-order valence-corrected chi connectivity index (χ2v) is 8.94. The minimum atomic E-state index is -3.52. The van der Waals surface area contributed by atoms with Crippen molar-refractivity contribution in [1.82, 2.24) is 19.0 Å². The monoisotopic (exact) mass is 340 g/mol. The molecule has 3 rings (SSSR count). The summed E-state index contributed by atoms with van der Waals surface area (Å²) >= 11 is 0. The van der Waals surface area contributed by atoms with Gasteiger partial charge in [0, 0.05) is 32.7 Å². The van der Waals surface area contributed by atoms with Gasteiger partial charge in [0.05, 0.1) is 6.54 Å². The summed E-state index contributed by atoms with van der Waals surface area (Å²) < 4.78 is 27.3. The Morgan fingerprint density at radius 2 is 2.09 bits per heavy atom. The van der Waals surface area contributed by atoms with Crippen LogP contribution in [0.3, 0.4) is 0 Å². The molecule has 0 aliphatic carbocycles. The average molecular weight is 340 g/mol. The van der Waals surface area contributed by atoms with Crippen molar-refractivity contribution in [3.63, 3.8) is 0 Å². The van der Waals surface area contributed by atoms with E-state index >= 15 is 0 Å². The van der Waals surface area contributed by atoms with Gasteiger partial charge in [0.25, 0.3) is 15.9 Å². The van der Waals surface area contributed by atoms with Crippen molar-refractivity contribution in [1.29, 1.82) is 0 Å². The van der Waals surface area contributed by atoms with Crippen molar-refractivity contribution >= 4 is 15.9 Å². The van der Waals surface area contributed by atoms with E-state index in [0.717, 1.165) is 25.9 Å². The molecule has 1 saturated heterocycles. The third kappa shape index (κ3) is 3.01. The lowest BCUT2D eigenvalue weighted by Crippen LogP contribution is -2.37. The molecule has 0 bridgehead atoms. The van der Waals surface area contributed by atoms with E-state index in [4.69, 9.17) is 0 Å². The SMILES string of the molecule is CC(C)CC1CCN(C(=O)c2cc3n(n2)CCN(C)S3(=O)=O)C1. The zero-order valence-corrected chi connectivity index (χ0v) is 14.7. The van der Waals surface area contributed by atoms with Gasteiger partial charge in [-0.25, -0.2) is 8.42 Å². The lowest BCUT2D eigenvalue weighted by Gasteiger charge is -2.22. The van der Waals surface area contributed by atoms with Gasteiger partial charge in [-0.2, -0.15) is 9.40 Å². The first-order chi connectivity index (χ1) is 10.8. The smallest absolute Gasteiger partial charge is 0.274 e. The van der Waals surface area contributed by atoms with Crippen LogP contribution in [0.1, 0.15) is 37.2 Å². The second-order valence-electron chi connectivity index (χ2n) is 6.95. The maximum Gasteiger partial charge on any atom is 0.274 e. The fraction of sp³-hybridized carbons (Fsp3) is 0.733. The summed E-state index contributed by atoms with van der Waals surface area (Å²) in [5, 5.41) is 4.35. The molecule has 2 aliphatic heterocycles. The lowest BCUT2D eigenvalue weighted by molar-refractivity contribution is 0.0778. The Bertz CT molecular complexity index is 710. The van der Waals surface area contributed by atoms with E-state index in [1.54, 1.807) is 11.9 Å². The number of likely N-dealkylation sites (tertiary alicyclic amines) is 1. The molecule has 128 valence electrons. The van der Waals surface area contributed by atoms with Crippen LogP contribution in [0.5, 0.6) is 0 Å². The lowest BCUT2D eigenvalue weighted by atomic mass is 9.97. The van der Waals surface area contributed by atoms with E-state index in [1.807, 2.05) is 0 Å². The normalized spacial score (nSPS) is 24.2. The van der Waals surface area contributed by atoms with Gasteiger partial charge >= 0.3 is 0 Å². The van der Waals surface area contributed by atoms with E-state index in [-0.39, 0.29) is 16.6 Å². The minimum Gasteiger partial charge on any atom is -0.337 e. The molecule has 2 aliphatic rings. The van der Waals surface area contributed by atoms with Crippen LogP contribution >= 0.6 is 0 Å². The predicted molar refractivity (Wildman–Crippen MR) is 85.5 cm³/mol. The molecule has 3 heterocycles. The number of carbonyl (C=O) groups excluding carboxylic acids is 1. The molecule has 0 aromatic carbocycles. The Kier molecular flexibility index (Phi) is 4.22. The van der Waals surface area contributed by atoms with Crippen molar-refractivity contribution in [2.45, 2.75) is 38.3 Å². The molecule has 8 heteroatoms. The van der Waals surface area contributed by atoms with Gasteiger partial charge in [-0.3, -0.25) is 9.48 Å². The molecule has 23 heavy (non-hydrogen) atoms. The van der Waals surface area contributed by atoms with Gasteiger partial charge in [0.2, 0.25) is 0 Å². The summed E-state index contributed by atoms with van der Waals surface area (Å²) in [7, 11) is -1.97. The molecule has 1 unspecified atom stereocenters. The number of sulfonamides is 1. The summed E-state index contributed by atoms with van der Waals surface area (Å²) in [6.45, 7) is 6.71. The first-order valence-corrected chi connectivity index (χ1v) is 9.56. The fourth-order valence-corrected chi connectivity index (χ4v) is 4.73. The quantitative estimate of drug-likeness (QED) is 0.823. The summed E-state index contributed by atoms with van der Waals surface area (Å²) in [5.74, 6) is 0.998. The zero-order chi connectivity index (χ0) is 16.8. The van der Waals surface area contributed by atoms with Crippen LogP contribution < -0.4 is 0 Å². The Balaban J connectivity index is 1.78. The largest absolute Gasteiger partial charge is 0.337 e. The van der Waals surface area contributed by atoms with E-state index in [2.05, 4.69) is 18.9 Å². The third-order valence-electron chi connectivity index (χ3n) is 4.64. The van der Waals surface area contributed by atoms with Gasteiger partial charge in [-0.15, -0.1) is 0 Å². The number of amides is 1. The molecule has 7 nitrogen and oxygen atoms in total. The first kappa shape index (κ1) is 16.4. The van der Waals surface area contributed by atoms with Gasteiger partial charge in [-0.05, 0) is 24.7 Å². The number of fused-ring (bicyclic) bond motifs is 1. The van der Waals surface area contributed by atoms with Gasteiger partial charge < -0.3 is 4.90 Å². The fourth-order valence-electron chi connectivity index (χ4n) is 3.43. The maximum atomic E-state index is 12.6. The zero-order valence-electron chi connectivity index (χ0n) is 13.9. The van der Waals surface area contributed by atoms with Gasteiger partial charge in [0.1, 0.15) is 0 Å². The predicted octanol–water partition coefficient (Wildman–Crippen LogP) is 1.03. The molecular weight excluding hydrogens is 316 g/mol. The van der Waals surface area contributed by atoms with E-state index in [9.17, 15) is 13.2 Å². The number of nitrogens with zero attached hydrogens (tertiary/aromatic N) is 4. The van der Waals surface area contributed by atoms with Crippen molar-refractivity contribution in [2.24, 2.45) is 11.8 Å². The first-order valence-electron chi connectivity index (χ1n) is 8.12. The van der Waals surface area contributed by atoms with E-state index < -0.39 is 10.0 Å². The molecule has 1 amide bonds. The van der Waals surface area contributed by atoms with Crippen LogP contribution in [0.15, 0.2) is 11.1 Å². The van der Waals surface area contributed by atoms with Crippen molar-refractivity contribution in [3.8, 4) is 0 Å². The summed E-state index contributed by atoms with van der Waals surface area (Å²) in [6.07, 6.45) is 2.13. The standard InChI is InChI=1S/C15H24N4O3S/c1-11(2)8-12-4-5-18(10-12)15(20)13-9-14-19(16-13)7-6-17(3)23(14,21)22/h9,11-12H,4-8,10H2,1-3H3. The summed E-state index contributed by atoms with van der Waals surface area (Å²) in [5.41, 5.74) is 0.240. The number of hydrogen-bond donors (Lipinski definition) is 0. The maximum absolute atomic E-state index is 12.6. The Hall–Kier alpha value is -1.41. The topological polar surface area (TPSA) is 75.5 Å². The van der Waals surface area contributed by atoms with Crippen molar-refractivity contribution in [3.05, 3.63) is 11.8 Å². The summed E-state index contributed by atoms with van der Waals surface area (Å²) in [4.78, 5) is 14.4. The van der Waals surface area contributed by atoms with Crippen LogP contribution in [-0.2, 0) is 16.6 Å². The molecule has 1 atom stereocenters. The van der Waals surface area contributed by atoms with Crippen molar-refractivity contribution in [2.75, 3.05) is 26.7 Å². The van der Waals surface area contributed by atoms with Crippen LogP contribution in [0, 0.1) is 11.8 Å². The molecule has 0 N–H and O–H groups in total. The Morgan fingerprint density at radius 1 is 1.35 bits per heavy atom. The van der Waals surface area contributed by atoms with Crippen LogP contribution in [-0.4, -0.2) is 60.0 Å². The Labute approximate surface area is 137 Å². The number of rotatable bonds is 3. The molecule has 1 aromatic rings. The molecular formula is C15H24N4O3S. The van der Waals surface area contributed by atoms with Crippen LogP contribution in [0.4, 0.5) is 0 Å². The number of carbonyl (C=O) groups is 1. The molecule has 1 aromatic heterocycles. The van der Waals surface area contributed by atoms with Gasteiger partial charge in [-0.1, -0.05) is 13.8 Å². The second kappa shape index (κ2) is 5.90. The van der Waals surface area contributed by atoms with Crippen molar-refractivity contribution < 1.29 is 13.2 Å². The minimum absolute atomic E-state index is 0.118. The highest BCUT2D eigenvalue weighted by molar-refractivity contribution is 7.89. The van der Waals surface area contributed by atoms with Gasteiger partial charge in [0.15, 0.2) is 10.7 Å². The van der Waals surface area contributed by atoms with E-state index in [1.165, 1.54) is 15.1 Å². The van der Waals surface area contributed by atoms with Crippen LogP contribution in [0.2, 0.25) is 0 Å². The average Bonchev–Trinajstić information content (AvgIpc) is 3.09. The number of hydrogen-bond acceptors (Lipinski definition) is 4. The third-order valence-corrected chi connectivity index (χ3v) is 6.50. The number of aromatic nitrogens is 2. The van der Waals surface area contributed by atoms with E-state index in [0.29, 0.717) is 24.9 Å². The van der Waals surface area contributed by atoms with Crippen LogP contribution in [0.25, 0.3) is 0 Å². The highest BCUT2D eigenvalue weighted by Gasteiger charge is 2.34. The molecule has 0 radical (unpaired) electrons.